The van der Waals surface area contributed by atoms with Gasteiger partial charge in [0.15, 0.2) is 0 Å². The molecule has 8 nitrogen and oxygen atoms in total. The van der Waals surface area contributed by atoms with Crippen molar-refractivity contribution in [2.75, 3.05) is 42.5 Å². The Morgan fingerprint density at radius 3 is 2.29 bits per heavy atom. The second kappa shape index (κ2) is 9.94. The summed E-state index contributed by atoms with van der Waals surface area (Å²) in [5.41, 5.74) is 2.01. The normalized spacial score (nSPS) is 17.0. The molecule has 0 radical (unpaired) electrons. The van der Waals surface area contributed by atoms with E-state index < -0.39 is 16.1 Å². The van der Waals surface area contributed by atoms with Gasteiger partial charge in [0, 0.05) is 45.3 Å². The fraction of sp³-hybridized carbons (Fsp3) is 0.440. The zero-order valence-electron chi connectivity index (χ0n) is 20.2. The number of hydrogen-bond acceptors (Lipinski definition) is 5. The fourth-order valence-corrected chi connectivity index (χ4v) is 6.04. The SMILES string of the molecule is CC(=O)N1CCc2cc(S(=O)(=O)N[C@@H](C(=O)N3CCN(c4ccccc4F)CC3)C(C)C)ccc21. The molecule has 0 aromatic heterocycles. The van der Waals surface area contributed by atoms with Gasteiger partial charge in [0.05, 0.1) is 10.6 Å². The molecule has 2 aromatic rings. The molecular weight excluding hydrogens is 471 g/mol. The molecule has 0 saturated carbocycles. The Bertz CT molecular complexity index is 1230. The van der Waals surface area contributed by atoms with Crippen LogP contribution in [0, 0.1) is 11.7 Å². The average molecular weight is 503 g/mol. The number of anilines is 2. The summed E-state index contributed by atoms with van der Waals surface area (Å²) < 4.78 is 43.2. The lowest BCUT2D eigenvalue weighted by atomic mass is 10.0. The van der Waals surface area contributed by atoms with E-state index in [9.17, 15) is 22.4 Å². The number of benzene rings is 2. The molecule has 35 heavy (non-hydrogen) atoms. The maximum absolute atomic E-state index is 14.1. The summed E-state index contributed by atoms with van der Waals surface area (Å²) in [4.78, 5) is 30.3. The summed E-state index contributed by atoms with van der Waals surface area (Å²) >= 11 is 0. The molecule has 1 N–H and O–H groups in total. The number of hydrogen-bond donors (Lipinski definition) is 1. The van der Waals surface area contributed by atoms with Crippen LogP contribution in [-0.4, -0.2) is 63.9 Å². The summed E-state index contributed by atoms with van der Waals surface area (Å²) in [6.45, 7) is 7.27. The molecule has 0 spiro atoms. The number of nitrogens with zero attached hydrogens (tertiary/aromatic N) is 3. The molecule has 0 aliphatic carbocycles. The molecule has 0 bridgehead atoms. The monoisotopic (exact) mass is 502 g/mol. The van der Waals surface area contributed by atoms with Crippen molar-refractivity contribution >= 4 is 33.2 Å². The van der Waals surface area contributed by atoms with E-state index in [4.69, 9.17) is 0 Å². The minimum Gasteiger partial charge on any atom is -0.366 e. The Hall–Kier alpha value is -2.98. The van der Waals surface area contributed by atoms with E-state index in [2.05, 4.69) is 4.72 Å². The highest BCUT2D eigenvalue weighted by molar-refractivity contribution is 7.89. The molecule has 0 unspecified atom stereocenters. The Morgan fingerprint density at radius 1 is 0.971 bits per heavy atom. The number of nitrogens with one attached hydrogen (secondary N) is 1. The van der Waals surface area contributed by atoms with Crippen LogP contribution in [0.25, 0.3) is 0 Å². The van der Waals surface area contributed by atoms with Gasteiger partial charge in [0.25, 0.3) is 0 Å². The maximum atomic E-state index is 14.1. The van der Waals surface area contributed by atoms with E-state index in [1.165, 1.54) is 19.1 Å². The highest BCUT2D eigenvalue weighted by atomic mass is 32.2. The second-order valence-corrected chi connectivity index (χ2v) is 11.0. The summed E-state index contributed by atoms with van der Waals surface area (Å²) in [7, 11) is -3.97. The van der Waals surface area contributed by atoms with Crippen molar-refractivity contribution in [3.8, 4) is 0 Å². The van der Waals surface area contributed by atoms with E-state index in [0.717, 1.165) is 11.3 Å². The summed E-state index contributed by atoms with van der Waals surface area (Å²) in [5, 5.41) is 0. The quantitative estimate of drug-likeness (QED) is 0.655. The van der Waals surface area contributed by atoms with Gasteiger partial charge in [-0.2, -0.15) is 4.72 Å². The third-order valence-electron chi connectivity index (χ3n) is 6.64. The minimum absolute atomic E-state index is 0.0736. The summed E-state index contributed by atoms with van der Waals surface area (Å²) in [6, 6.07) is 10.3. The van der Waals surface area contributed by atoms with Crippen molar-refractivity contribution in [1.82, 2.24) is 9.62 Å². The van der Waals surface area contributed by atoms with Crippen LogP contribution < -0.4 is 14.5 Å². The standard InChI is InChI=1S/C25H31FN4O4S/c1-17(2)24(25(32)29-14-12-28(13-15-29)23-7-5-4-6-21(23)26)27-35(33,34)20-8-9-22-19(16-20)10-11-30(22)18(3)31/h4-9,16-17,24,27H,10-15H2,1-3H3/t24-/m1/s1. The van der Waals surface area contributed by atoms with Crippen molar-refractivity contribution in [1.29, 1.82) is 0 Å². The summed E-state index contributed by atoms with van der Waals surface area (Å²) in [5.74, 6) is -0.955. The van der Waals surface area contributed by atoms with Gasteiger partial charge in [0.2, 0.25) is 21.8 Å². The first-order valence-electron chi connectivity index (χ1n) is 11.8. The maximum Gasteiger partial charge on any atom is 0.241 e. The van der Waals surface area contributed by atoms with E-state index in [0.29, 0.717) is 44.8 Å². The lowest BCUT2D eigenvalue weighted by Crippen LogP contribution is -2.56. The van der Waals surface area contributed by atoms with Crippen LogP contribution in [0.3, 0.4) is 0 Å². The van der Waals surface area contributed by atoms with Gasteiger partial charge < -0.3 is 14.7 Å². The zero-order valence-corrected chi connectivity index (χ0v) is 21.0. The molecule has 2 aliphatic rings. The molecule has 4 rings (SSSR count). The largest absolute Gasteiger partial charge is 0.366 e. The van der Waals surface area contributed by atoms with Crippen molar-refractivity contribution in [2.24, 2.45) is 5.92 Å². The molecular formula is C25H31FN4O4S. The van der Waals surface area contributed by atoms with E-state index in [1.54, 1.807) is 54.0 Å². The Balaban J connectivity index is 1.46. The van der Waals surface area contributed by atoms with Crippen LogP contribution in [0.1, 0.15) is 26.3 Å². The van der Waals surface area contributed by atoms with E-state index in [-0.39, 0.29) is 28.4 Å². The molecule has 1 atom stereocenters. The molecule has 2 amide bonds. The summed E-state index contributed by atoms with van der Waals surface area (Å²) in [6.07, 6.45) is 0.580. The predicted molar refractivity (Wildman–Crippen MR) is 132 cm³/mol. The van der Waals surface area contributed by atoms with Gasteiger partial charge in [-0.1, -0.05) is 26.0 Å². The topological polar surface area (TPSA) is 90.0 Å². The van der Waals surface area contributed by atoms with Crippen LogP contribution in [0.2, 0.25) is 0 Å². The smallest absolute Gasteiger partial charge is 0.241 e. The molecule has 10 heteroatoms. The highest BCUT2D eigenvalue weighted by Crippen LogP contribution is 2.30. The van der Waals surface area contributed by atoms with Crippen LogP contribution in [0.5, 0.6) is 0 Å². The number of amides is 2. The lowest BCUT2D eigenvalue weighted by Gasteiger charge is -2.38. The second-order valence-electron chi connectivity index (χ2n) is 9.32. The Labute approximate surface area is 205 Å². The van der Waals surface area contributed by atoms with Crippen molar-refractivity contribution in [3.63, 3.8) is 0 Å². The Kier molecular flexibility index (Phi) is 7.14. The van der Waals surface area contributed by atoms with Crippen LogP contribution in [-0.2, 0) is 26.0 Å². The highest BCUT2D eigenvalue weighted by Gasteiger charge is 2.34. The van der Waals surface area contributed by atoms with Gasteiger partial charge in [0.1, 0.15) is 11.9 Å². The molecule has 1 fully saturated rings. The van der Waals surface area contributed by atoms with Crippen LogP contribution in [0.4, 0.5) is 15.8 Å². The van der Waals surface area contributed by atoms with Crippen molar-refractivity contribution in [3.05, 3.63) is 53.8 Å². The number of sulfonamides is 1. The number of piperazine rings is 1. The molecule has 188 valence electrons. The number of fused-ring (bicyclic) bond motifs is 1. The van der Waals surface area contributed by atoms with Crippen LogP contribution in [0.15, 0.2) is 47.4 Å². The van der Waals surface area contributed by atoms with Gasteiger partial charge in [-0.25, -0.2) is 12.8 Å². The Morgan fingerprint density at radius 2 is 1.66 bits per heavy atom. The first-order chi connectivity index (χ1) is 16.6. The first-order valence-corrected chi connectivity index (χ1v) is 13.3. The number of carbonyl (C=O) groups excluding carboxylic acids is 2. The zero-order chi connectivity index (χ0) is 25.3. The van der Waals surface area contributed by atoms with E-state index >= 15 is 0 Å². The van der Waals surface area contributed by atoms with Crippen molar-refractivity contribution in [2.45, 2.75) is 38.1 Å². The fourth-order valence-electron chi connectivity index (χ4n) is 4.65. The lowest BCUT2D eigenvalue weighted by molar-refractivity contribution is -0.134. The predicted octanol–water partition coefficient (Wildman–Crippen LogP) is 2.39. The third-order valence-corrected chi connectivity index (χ3v) is 8.08. The number of carbonyl (C=O) groups is 2. The van der Waals surface area contributed by atoms with E-state index in [1.807, 2.05) is 4.90 Å². The van der Waals surface area contributed by atoms with Crippen LogP contribution >= 0.6 is 0 Å². The number of para-hydroxylation sites is 1. The van der Waals surface area contributed by atoms with Gasteiger partial charge in [-0.3, -0.25) is 9.59 Å². The van der Waals surface area contributed by atoms with Gasteiger partial charge in [-0.15, -0.1) is 0 Å². The first kappa shape index (κ1) is 25.1. The molecule has 2 aromatic carbocycles. The third kappa shape index (κ3) is 5.18. The average Bonchev–Trinajstić information content (AvgIpc) is 3.26. The number of halogens is 1. The minimum atomic E-state index is -3.97. The van der Waals surface area contributed by atoms with Crippen molar-refractivity contribution < 1.29 is 22.4 Å². The number of rotatable bonds is 6. The molecule has 2 heterocycles. The van der Waals surface area contributed by atoms with Gasteiger partial charge >= 0.3 is 0 Å². The molecule has 2 aliphatic heterocycles. The van der Waals surface area contributed by atoms with Gasteiger partial charge in [-0.05, 0) is 48.2 Å². The molecule has 1 saturated heterocycles.